The number of rotatable bonds is 13. The van der Waals surface area contributed by atoms with Gasteiger partial charge in [0.15, 0.2) is 5.96 Å². The average Bonchev–Trinajstić information content (AvgIpc) is 3.47. The number of nitrogens with zero attached hydrogens (tertiary/aromatic N) is 1. The molecule has 0 aromatic heterocycles. The molecule has 27 heavy (non-hydrogen) atoms. The van der Waals surface area contributed by atoms with E-state index in [4.69, 9.17) is 14.2 Å². The Morgan fingerprint density at radius 3 is 2.78 bits per heavy atom. The van der Waals surface area contributed by atoms with E-state index >= 15 is 0 Å². The number of methoxy groups -OCH3 is 1. The molecule has 2 rings (SSSR count). The monoisotopic (exact) mass is 491 g/mol. The Morgan fingerprint density at radius 1 is 1.19 bits per heavy atom. The normalized spacial score (nSPS) is 13.8. The van der Waals surface area contributed by atoms with Crippen molar-refractivity contribution in [2.75, 3.05) is 46.6 Å². The van der Waals surface area contributed by atoms with Gasteiger partial charge in [-0.1, -0.05) is 12.1 Å². The molecule has 1 aliphatic carbocycles. The Morgan fingerprint density at radius 2 is 2.04 bits per heavy atom. The molecule has 7 heteroatoms. The molecule has 154 valence electrons. The smallest absolute Gasteiger partial charge is 0.191 e. The minimum atomic E-state index is 0. The van der Waals surface area contributed by atoms with Crippen LogP contribution in [-0.2, 0) is 16.0 Å². The molecule has 1 aromatic carbocycles. The standard InChI is InChI=1S/C20H33N3O3.HI/c1-3-21-20(22-10-5-11-25-16-17-8-9-17)23-15-18-6-4-7-19(14-18)26-13-12-24-2;/h4,6-7,14,17H,3,5,8-13,15-16H2,1-2H3,(H2,21,22,23);1H. The predicted octanol–water partition coefficient (Wildman–Crippen LogP) is 3.20. The predicted molar refractivity (Wildman–Crippen MR) is 120 cm³/mol. The summed E-state index contributed by atoms with van der Waals surface area (Å²) in [4.78, 5) is 4.65. The summed E-state index contributed by atoms with van der Waals surface area (Å²) in [5, 5.41) is 6.64. The highest BCUT2D eigenvalue weighted by molar-refractivity contribution is 14.0. The maximum absolute atomic E-state index is 5.66. The first-order valence-corrected chi connectivity index (χ1v) is 9.62. The van der Waals surface area contributed by atoms with E-state index < -0.39 is 0 Å². The summed E-state index contributed by atoms with van der Waals surface area (Å²) in [7, 11) is 1.67. The first kappa shape index (κ1) is 24.0. The van der Waals surface area contributed by atoms with Crippen LogP contribution < -0.4 is 15.4 Å². The minimum absolute atomic E-state index is 0. The summed E-state index contributed by atoms with van der Waals surface area (Å²) in [6.07, 6.45) is 3.67. The molecule has 0 radical (unpaired) electrons. The Balaban J connectivity index is 0.00000364. The second-order valence-electron chi connectivity index (χ2n) is 6.48. The zero-order valence-corrected chi connectivity index (χ0v) is 18.9. The van der Waals surface area contributed by atoms with E-state index in [1.807, 2.05) is 18.2 Å². The van der Waals surface area contributed by atoms with Crippen molar-refractivity contribution in [2.45, 2.75) is 32.7 Å². The summed E-state index contributed by atoms with van der Waals surface area (Å²) >= 11 is 0. The lowest BCUT2D eigenvalue weighted by molar-refractivity contribution is 0.123. The van der Waals surface area contributed by atoms with Crippen LogP contribution in [0.5, 0.6) is 5.75 Å². The number of hydrogen-bond acceptors (Lipinski definition) is 4. The molecule has 6 nitrogen and oxygen atoms in total. The van der Waals surface area contributed by atoms with E-state index in [0.29, 0.717) is 19.8 Å². The molecule has 0 atom stereocenters. The van der Waals surface area contributed by atoms with Gasteiger partial charge < -0.3 is 24.8 Å². The van der Waals surface area contributed by atoms with Gasteiger partial charge in [-0.3, -0.25) is 0 Å². The fourth-order valence-corrected chi connectivity index (χ4v) is 2.40. The third-order valence-corrected chi connectivity index (χ3v) is 4.03. The molecule has 0 aliphatic heterocycles. The van der Waals surface area contributed by atoms with Crippen LogP contribution in [-0.4, -0.2) is 52.6 Å². The Labute approximate surface area is 180 Å². The van der Waals surface area contributed by atoms with Crippen molar-refractivity contribution in [3.05, 3.63) is 29.8 Å². The number of nitrogens with one attached hydrogen (secondary N) is 2. The maximum Gasteiger partial charge on any atom is 0.191 e. The quantitative estimate of drug-likeness (QED) is 0.192. The van der Waals surface area contributed by atoms with Crippen LogP contribution in [0.4, 0.5) is 0 Å². The summed E-state index contributed by atoms with van der Waals surface area (Å²) in [5.41, 5.74) is 1.12. The van der Waals surface area contributed by atoms with Gasteiger partial charge in [0.05, 0.1) is 13.2 Å². The van der Waals surface area contributed by atoms with E-state index in [1.54, 1.807) is 7.11 Å². The highest BCUT2D eigenvalue weighted by atomic mass is 127. The van der Waals surface area contributed by atoms with Crippen molar-refractivity contribution in [2.24, 2.45) is 10.9 Å². The molecule has 1 aromatic rings. The third-order valence-electron chi connectivity index (χ3n) is 4.03. The molecule has 0 amide bonds. The van der Waals surface area contributed by atoms with Crippen LogP contribution in [0, 0.1) is 5.92 Å². The van der Waals surface area contributed by atoms with Crippen molar-refractivity contribution < 1.29 is 14.2 Å². The minimum Gasteiger partial charge on any atom is -0.491 e. The molecule has 0 unspecified atom stereocenters. The number of halogens is 1. The van der Waals surface area contributed by atoms with Gasteiger partial charge in [-0.25, -0.2) is 4.99 Å². The Kier molecular flexibility index (Phi) is 13.3. The fraction of sp³-hybridized carbons (Fsp3) is 0.650. The second-order valence-corrected chi connectivity index (χ2v) is 6.48. The lowest BCUT2D eigenvalue weighted by Crippen LogP contribution is -2.38. The largest absolute Gasteiger partial charge is 0.491 e. The van der Waals surface area contributed by atoms with Crippen LogP contribution in [0.2, 0.25) is 0 Å². The molecule has 2 N–H and O–H groups in total. The number of hydrogen-bond donors (Lipinski definition) is 2. The van der Waals surface area contributed by atoms with Crippen LogP contribution in [0.3, 0.4) is 0 Å². The lowest BCUT2D eigenvalue weighted by atomic mass is 10.2. The SMILES string of the molecule is CCNC(=NCc1cccc(OCCOC)c1)NCCCOCC1CC1.I. The van der Waals surface area contributed by atoms with Gasteiger partial charge in [-0.15, -0.1) is 24.0 Å². The highest BCUT2D eigenvalue weighted by Crippen LogP contribution is 2.28. The van der Waals surface area contributed by atoms with Crippen LogP contribution in [0.1, 0.15) is 31.7 Å². The molecule has 0 spiro atoms. The maximum atomic E-state index is 5.66. The van der Waals surface area contributed by atoms with Gasteiger partial charge in [-0.2, -0.15) is 0 Å². The van der Waals surface area contributed by atoms with E-state index in [2.05, 4.69) is 28.6 Å². The number of aliphatic imine (C=N–C) groups is 1. The number of ether oxygens (including phenoxy) is 3. The van der Waals surface area contributed by atoms with E-state index in [1.165, 1.54) is 12.8 Å². The van der Waals surface area contributed by atoms with Crippen LogP contribution in [0.25, 0.3) is 0 Å². The zero-order chi connectivity index (χ0) is 18.5. The van der Waals surface area contributed by atoms with Crippen molar-refractivity contribution in [1.29, 1.82) is 0 Å². The van der Waals surface area contributed by atoms with Gasteiger partial charge >= 0.3 is 0 Å². The molecular formula is C20H34IN3O3. The topological polar surface area (TPSA) is 64.1 Å². The van der Waals surface area contributed by atoms with Crippen LogP contribution >= 0.6 is 24.0 Å². The van der Waals surface area contributed by atoms with Gasteiger partial charge in [-0.05, 0) is 49.8 Å². The summed E-state index contributed by atoms with van der Waals surface area (Å²) in [5.74, 6) is 2.51. The van der Waals surface area contributed by atoms with Gasteiger partial charge in [0, 0.05) is 33.4 Å². The second kappa shape index (κ2) is 14.9. The third kappa shape index (κ3) is 11.4. The van der Waals surface area contributed by atoms with Crippen molar-refractivity contribution >= 4 is 29.9 Å². The first-order chi connectivity index (χ1) is 12.8. The molecule has 1 saturated carbocycles. The van der Waals surface area contributed by atoms with Crippen molar-refractivity contribution in [3.63, 3.8) is 0 Å². The van der Waals surface area contributed by atoms with E-state index in [-0.39, 0.29) is 24.0 Å². The number of benzene rings is 1. The first-order valence-electron chi connectivity index (χ1n) is 9.62. The van der Waals surface area contributed by atoms with Gasteiger partial charge in [0.1, 0.15) is 12.4 Å². The summed E-state index contributed by atoms with van der Waals surface area (Å²) in [6.45, 7) is 7.24. The molecule has 0 heterocycles. The summed E-state index contributed by atoms with van der Waals surface area (Å²) < 4.78 is 16.3. The molecule has 0 saturated heterocycles. The highest BCUT2D eigenvalue weighted by Gasteiger charge is 2.20. The molecule has 1 aliphatic rings. The molecular weight excluding hydrogens is 457 g/mol. The van der Waals surface area contributed by atoms with E-state index in [9.17, 15) is 0 Å². The lowest BCUT2D eigenvalue weighted by Gasteiger charge is -2.12. The average molecular weight is 491 g/mol. The zero-order valence-electron chi connectivity index (χ0n) is 16.5. The number of guanidine groups is 1. The van der Waals surface area contributed by atoms with Gasteiger partial charge in [0.2, 0.25) is 0 Å². The molecule has 1 fully saturated rings. The Bertz CT molecular complexity index is 539. The summed E-state index contributed by atoms with van der Waals surface area (Å²) in [6, 6.07) is 8.02. The van der Waals surface area contributed by atoms with Gasteiger partial charge in [0.25, 0.3) is 0 Å². The van der Waals surface area contributed by atoms with E-state index in [0.717, 1.165) is 55.9 Å². The van der Waals surface area contributed by atoms with Crippen LogP contribution in [0.15, 0.2) is 29.3 Å². The fourth-order valence-electron chi connectivity index (χ4n) is 2.40. The van der Waals surface area contributed by atoms with Crippen molar-refractivity contribution in [1.82, 2.24) is 10.6 Å². The van der Waals surface area contributed by atoms with Crippen molar-refractivity contribution in [3.8, 4) is 5.75 Å². The molecule has 0 bridgehead atoms. The Hall–Kier alpha value is -1.06.